The summed E-state index contributed by atoms with van der Waals surface area (Å²) in [6.45, 7) is 5.22. The summed E-state index contributed by atoms with van der Waals surface area (Å²) < 4.78 is 6.00. The van der Waals surface area contributed by atoms with Crippen molar-refractivity contribution in [3.8, 4) is 6.01 Å². The molecule has 0 aliphatic carbocycles. The van der Waals surface area contributed by atoms with Gasteiger partial charge in [0, 0.05) is 17.9 Å². The number of fused-ring (bicyclic) bond motifs is 1. The van der Waals surface area contributed by atoms with Crippen molar-refractivity contribution in [1.29, 1.82) is 0 Å². The molecule has 5 heteroatoms. The van der Waals surface area contributed by atoms with Crippen molar-refractivity contribution in [2.24, 2.45) is 0 Å². The maximum Gasteiger partial charge on any atom is 0.317 e. The highest BCUT2D eigenvalue weighted by Gasteiger charge is 2.26. The zero-order valence-electron chi connectivity index (χ0n) is 16.4. The summed E-state index contributed by atoms with van der Waals surface area (Å²) in [5, 5.41) is 2.31. The van der Waals surface area contributed by atoms with Crippen molar-refractivity contribution in [2.45, 2.75) is 39.2 Å². The molecule has 144 valence electrons. The summed E-state index contributed by atoms with van der Waals surface area (Å²) in [4.78, 5) is 23.6. The van der Waals surface area contributed by atoms with E-state index in [0.717, 1.165) is 41.7 Å². The summed E-state index contributed by atoms with van der Waals surface area (Å²) >= 11 is 0. The predicted octanol–water partition coefficient (Wildman–Crippen LogP) is 3.86. The zero-order valence-corrected chi connectivity index (χ0v) is 16.4. The summed E-state index contributed by atoms with van der Waals surface area (Å²) in [7, 11) is 0. The minimum Gasteiger partial charge on any atom is -0.458 e. The maximum atomic E-state index is 13.0. The Bertz CT molecular complexity index is 977. The van der Waals surface area contributed by atoms with Crippen molar-refractivity contribution < 1.29 is 9.53 Å². The van der Waals surface area contributed by atoms with E-state index >= 15 is 0 Å². The third kappa shape index (κ3) is 4.14. The number of nitrogens with zero attached hydrogens (tertiary/aromatic N) is 3. The molecule has 1 aromatic heterocycles. The fourth-order valence-corrected chi connectivity index (χ4v) is 3.88. The number of hydrogen-bond donors (Lipinski definition) is 0. The number of aromatic nitrogens is 2. The molecular weight excluding hydrogens is 350 g/mol. The van der Waals surface area contributed by atoms with E-state index in [0.29, 0.717) is 19.0 Å². The van der Waals surface area contributed by atoms with E-state index in [4.69, 9.17) is 4.74 Å². The average molecular weight is 375 g/mol. The Morgan fingerprint density at radius 3 is 2.68 bits per heavy atom. The Kier molecular flexibility index (Phi) is 5.24. The lowest BCUT2D eigenvalue weighted by molar-refractivity contribution is -0.133. The quantitative estimate of drug-likeness (QED) is 0.695. The van der Waals surface area contributed by atoms with Crippen molar-refractivity contribution in [2.75, 3.05) is 13.1 Å². The van der Waals surface area contributed by atoms with Crippen LogP contribution in [0.2, 0.25) is 0 Å². The van der Waals surface area contributed by atoms with Crippen LogP contribution in [0, 0.1) is 13.8 Å². The van der Waals surface area contributed by atoms with Gasteiger partial charge in [0.1, 0.15) is 6.10 Å². The number of aryl methyl sites for hydroxylation is 2. The minimum absolute atomic E-state index is 0.0635. The molecule has 0 N–H and O–H groups in total. The van der Waals surface area contributed by atoms with E-state index in [-0.39, 0.29) is 12.0 Å². The van der Waals surface area contributed by atoms with Crippen LogP contribution in [0.4, 0.5) is 0 Å². The van der Waals surface area contributed by atoms with E-state index in [1.54, 1.807) is 0 Å². The number of hydrogen-bond acceptors (Lipinski definition) is 4. The van der Waals surface area contributed by atoms with Crippen LogP contribution in [0.15, 0.2) is 48.5 Å². The first kappa shape index (κ1) is 18.4. The predicted molar refractivity (Wildman–Crippen MR) is 109 cm³/mol. The molecule has 0 spiro atoms. The molecule has 28 heavy (non-hydrogen) atoms. The maximum absolute atomic E-state index is 13.0. The molecule has 1 saturated heterocycles. The first-order chi connectivity index (χ1) is 13.6. The number of ether oxygens (including phenoxy) is 1. The molecule has 2 heterocycles. The first-order valence-electron chi connectivity index (χ1n) is 9.82. The molecule has 2 aromatic carbocycles. The van der Waals surface area contributed by atoms with Gasteiger partial charge in [-0.15, -0.1) is 0 Å². The molecule has 0 bridgehead atoms. The molecule has 1 atom stereocenters. The second kappa shape index (κ2) is 7.97. The third-order valence-corrected chi connectivity index (χ3v) is 5.19. The number of rotatable bonds is 4. The van der Waals surface area contributed by atoms with Crippen molar-refractivity contribution in [3.05, 3.63) is 65.5 Å². The van der Waals surface area contributed by atoms with Crippen LogP contribution >= 0.6 is 0 Å². The summed E-state index contributed by atoms with van der Waals surface area (Å²) in [5.41, 5.74) is 2.85. The molecule has 1 amide bonds. The first-order valence-corrected chi connectivity index (χ1v) is 9.82. The van der Waals surface area contributed by atoms with Crippen molar-refractivity contribution in [1.82, 2.24) is 14.9 Å². The second-order valence-electron chi connectivity index (χ2n) is 7.47. The van der Waals surface area contributed by atoms with Gasteiger partial charge < -0.3 is 9.64 Å². The van der Waals surface area contributed by atoms with Crippen LogP contribution in [0.5, 0.6) is 6.01 Å². The number of carbonyl (C=O) groups is 1. The molecule has 3 aromatic rings. The Hall–Kier alpha value is -2.95. The standard InChI is InChI=1S/C23H25N3O2/c1-16-13-17(2)25-23(24-16)28-20-10-6-12-26(15-20)22(27)14-19-9-5-8-18-7-3-4-11-21(18)19/h3-5,7-9,11,13,20H,6,10,12,14-15H2,1-2H3/t20-/m0/s1. The SMILES string of the molecule is Cc1cc(C)nc(O[C@H]2CCCN(C(=O)Cc3cccc4ccccc34)C2)n1. The van der Waals surface area contributed by atoms with E-state index in [2.05, 4.69) is 28.2 Å². The Labute approximate surface area is 165 Å². The van der Waals surface area contributed by atoms with Crippen LogP contribution in [-0.2, 0) is 11.2 Å². The van der Waals surface area contributed by atoms with Crippen LogP contribution in [-0.4, -0.2) is 40.0 Å². The number of amides is 1. The lowest BCUT2D eigenvalue weighted by atomic mass is 10.0. The third-order valence-electron chi connectivity index (χ3n) is 5.19. The van der Waals surface area contributed by atoms with Gasteiger partial charge in [-0.2, -0.15) is 0 Å². The largest absolute Gasteiger partial charge is 0.458 e. The number of piperidine rings is 1. The van der Waals surface area contributed by atoms with Gasteiger partial charge in [0.2, 0.25) is 5.91 Å². The van der Waals surface area contributed by atoms with E-state index in [1.807, 2.05) is 49.1 Å². The Morgan fingerprint density at radius 2 is 1.86 bits per heavy atom. The van der Waals surface area contributed by atoms with Crippen LogP contribution in [0.1, 0.15) is 29.8 Å². The van der Waals surface area contributed by atoms with Gasteiger partial charge >= 0.3 is 6.01 Å². The Morgan fingerprint density at radius 1 is 1.11 bits per heavy atom. The highest BCUT2D eigenvalue weighted by molar-refractivity contribution is 5.90. The highest BCUT2D eigenvalue weighted by Crippen LogP contribution is 2.21. The van der Waals surface area contributed by atoms with Crippen LogP contribution in [0.25, 0.3) is 10.8 Å². The zero-order chi connectivity index (χ0) is 19.5. The summed E-state index contributed by atoms with van der Waals surface area (Å²) in [5.74, 6) is 0.144. The fourth-order valence-electron chi connectivity index (χ4n) is 3.88. The number of carbonyl (C=O) groups excluding carboxylic acids is 1. The number of likely N-dealkylation sites (tertiary alicyclic amines) is 1. The smallest absolute Gasteiger partial charge is 0.317 e. The normalized spacial score (nSPS) is 16.9. The van der Waals surface area contributed by atoms with Crippen molar-refractivity contribution in [3.63, 3.8) is 0 Å². The number of benzene rings is 2. The van der Waals surface area contributed by atoms with Gasteiger partial charge in [0.25, 0.3) is 0 Å². The molecule has 4 rings (SSSR count). The topological polar surface area (TPSA) is 55.3 Å². The van der Waals surface area contributed by atoms with Gasteiger partial charge in [-0.25, -0.2) is 9.97 Å². The molecular formula is C23H25N3O2. The van der Waals surface area contributed by atoms with Gasteiger partial charge in [0.15, 0.2) is 0 Å². The van der Waals surface area contributed by atoms with Gasteiger partial charge in [0.05, 0.1) is 13.0 Å². The van der Waals surface area contributed by atoms with Crippen LogP contribution in [0.3, 0.4) is 0 Å². The fraction of sp³-hybridized carbons (Fsp3) is 0.348. The minimum atomic E-state index is -0.0635. The molecule has 1 aliphatic heterocycles. The monoisotopic (exact) mass is 375 g/mol. The van der Waals surface area contributed by atoms with Crippen LogP contribution < -0.4 is 4.74 Å². The lowest BCUT2D eigenvalue weighted by Gasteiger charge is -2.32. The summed E-state index contributed by atoms with van der Waals surface area (Å²) in [6, 6.07) is 16.7. The lowest BCUT2D eigenvalue weighted by Crippen LogP contribution is -2.45. The average Bonchev–Trinajstić information content (AvgIpc) is 2.68. The molecule has 5 nitrogen and oxygen atoms in total. The highest BCUT2D eigenvalue weighted by atomic mass is 16.5. The van der Waals surface area contributed by atoms with Gasteiger partial charge in [-0.3, -0.25) is 4.79 Å². The van der Waals surface area contributed by atoms with E-state index in [1.165, 1.54) is 5.39 Å². The van der Waals surface area contributed by atoms with E-state index in [9.17, 15) is 4.79 Å². The van der Waals surface area contributed by atoms with Crippen molar-refractivity contribution >= 4 is 16.7 Å². The molecule has 0 saturated carbocycles. The Balaban J connectivity index is 1.44. The second-order valence-corrected chi connectivity index (χ2v) is 7.47. The van der Waals surface area contributed by atoms with E-state index < -0.39 is 0 Å². The molecule has 1 fully saturated rings. The molecule has 1 aliphatic rings. The summed E-state index contributed by atoms with van der Waals surface area (Å²) in [6.07, 6.45) is 2.19. The molecule has 0 radical (unpaired) electrons. The van der Waals surface area contributed by atoms with Gasteiger partial charge in [-0.1, -0.05) is 42.5 Å². The molecule has 0 unspecified atom stereocenters. The van der Waals surface area contributed by atoms with Gasteiger partial charge in [-0.05, 0) is 49.1 Å².